The summed E-state index contributed by atoms with van der Waals surface area (Å²) in [5, 5.41) is 19.5. The first kappa shape index (κ1) is 14.6. The van der Waals surface area contributed by atoms with Crippen LogP contribution in [-0.4, -0.2) is 53.6 Å². The van der Waals surface area contributed by atoms with Crippen molar-refractivity contribution >= 4 is 0 Å². The summed E-state index contributed by atoms with van der Waals surface area (Å²) < 4.78 is 16.5. The lowest BCUT2D eigenvalue weighted by molar-refractivity contribution is -0.173. The Morgan fingerprint density at radius 2 is 2.12 bits per heavy atom. The topological polar surface area (TPSA) is 68.2 Å². The van der Waals surface area contributed by atoms with Crippen molar-refractivity contribution in [3.05, 3.63) is 12.7 Å². The van der Waals surface area contributed by atoms with E-state index in [0.29, 0.717) is 0 Å². The van der Waals surface area contributed by atoms with Crippen LogP contribution in [0.1, 0.15) is 20.8 Å². The van der Waals surface area contributed by atoms with E-state index < -0.39 is 29.7 Å². The molecule has 5 heteroatoms. The van der Waals surface area contributed by atoms with E-state index in [1.165, 1.54) is 13.2 Å². The van der Waals surface area contributed by atoms with Gasteiger partial charge in [0.05, 0.1) is 6.61 Å². The van der Waals surface area contributed by atoms with E-state index in [9.17, 15) is 10.2 Å². The fourth-order valence-corrected chi connectivity index (χ4v) is 2.08. The normalized spacial score (nSPS) is 33.1. The summed E-state index contributed by atoms with van der Waals surface area (Å²) in [6.45, 7) is 8.47. The Bertz CT molecular complexity index is 274. The van der Waals surface area contributed by atoms with E-state index in [-0.39, 0.29) is 6.61 Å². The third-order valence-electron chi connectivity index (χ3n) is 2.94. The first-order valence-corrected chi connectivity index (χ1v) is 5.62. The molecule has 0 spiro atoms. The van der Waals surface area contributed by atoms with Gasteiger partial charge >= 0.3 is 0 Å². The van der Waals surface area contributed by atoms with Gasteiger partial charge in [0.1, 0.15) is 23.9 Å². The molecule has 0 bridgehead atoms. The number of aliphatic hydroxyl groups excluding tert-OH is 1. The molecule has 0 aliphatic carbocycles. The van der Waals surface area contributed by atoms with Gasteiger partial charge in [-0.1, -0.05) is 6.08 Å². The second kappa shape index (κ2) is 5.04. The molecule has 1 saturated heterocycles. The van der Waals surface area contributed by atoms with E-state index in [1.54, 1.807) is 20.8 Å². The molecule has 0 saturated carbocycles. The molecule has 4 atom stereocenters. The van der Waals surface area contributed by atoms with Crippen LogP contribution in [0.5, 0.6) is 0 Å². The van der Waals surface area contributed by atoms with Crippen LogP contribution in [0.15, 0.2) is 12.7 Å². The predicted octanol–water partition coefficient (Wildman–Crippen LogP) is 0.451. The highest BCUT2D eigenvalue weighted by Gasteiger charge is 2.49. The van der Waals surface area contributed by atoms with E-state index >= 15 is 0 Å². The zero-order chi connectivity index (χ0) is 13.3. The molecule has 0 aromatic heterocycles. The van der Waals surface area contributed by atoms with E-state index in [2.05, 4.69) is 6.58 Å². The highest BCUT2D eigenvalue weighted by atomic mass is 16.8. The number of hydrogen-bond donors (Lipinski definition) is 2. The zero-order valence-electron chi connectivity index (χ0n) is 10.8. The maximum absolute atomic E-state index is 10.2. The van der Waals surface area contributed by atoms with Crippen LogP contribution in [0.25, 0.3) is 0 Å². The summed E-state index contributed by atoms with van der Waals surface area (Å²) in [4.78, 5) is 0. The summed E-state index contributed by atoms with van der Waals surface area (Å²) >= 11 is 0. The number of ether oxygens (including phenoxy) is 3. The Balaban J connectivity index is 2.92. The molecule has 0 aromatic carbocycles. The molecular formula is C12H22O5. The van der Waals surface area contributed by atoms with Crippen LogP contribution in [0.4, 0.5) is 0 Å². The van der Waals surface area contributed by atoms with E-state index in [4.69, 9.17) is 14.2 Å². The van der Waals surface area contributed by atoms with Crippen LogP contribution >= 0.6 is 0 Å². The SMILES string of the molecule is C=C[C@](C)(O)C(OC)C1OC(C)(C)OC1CO. The molecule has 1 heterocycles. The highest BCUT2D eigenvalue weighted by molar-refractivity contribution is 5.04. The lowest BCUT2D eigenvalue weighted by Gasteiger charge is -2.34. The molecule has 17 heavy (non-hydrogen) atoms. The smallest absolute Gasteiger partial charge is 0.164 e. The summed E-state index contributed by atoms with van der Waals surface area (Å²) in [6.07, 6.45) is -0.335. The van der Waals surface area contributed by atoms with Gasteiger partial charge in [-0.05, 0) is 20.8 Å². The van der Waals surface area contributed by atoms with Gasteiger partial charge in [-0.3, -0.25) is 0 Å². The molecule has 5 nitrogen and oxygen atoms in total. The van der Waals surface area contributed by atoms with Crippen molar-refractivity contribution in [1.82, 2.24) is 0 Å². The van der Waals surface area contributed by atoms with Crippen molar-refractivity contribution in [3.8, 4) is 0 Å². The van der Waals surface area contributed by atoms with Crippen molar-refractivity contribution in [1.29, 1.82) is 0 Å². The first-order valence-electron chi connectivity index (χ1n) is 5.62. The van der Waals surface area contributed by atoms with Crippen LogP contribution in [0.3, 0.4) is 0 Å². The maximum atomic E-state index is 10.2. The minimum atomic E-state index is -1.25. The Hall–Kier alpha value is -0.460. The molecule has 100 valence electrons. The molecule has 2 N–H and O–H groups in total. The largest absolute Gasteiger partial charge is 0.394 e. The van der Waals surface area contributed by atoms with Gasteiger partial charge in [0.2, 0.25) is 0 Å². The van der Waals surface area contributed by atoms with Crippen LogP contribution in [-0.2, 0) is 14.2 Å². The molecule has 0 radical (unpaired) electrons. The van der Waals surface area contributed by atoms with Gasteiger partial charge in [0.25, 0.3) is 0 Å². The fraction of sp³-hybridized carbons (Fsp3) is 0.833. The van der Waals surface area contributed by atoms with Gasteiger partial charge in [-0.15, -0.1) is 6.58 Å². The molecular weight excluding hydrogens is 224 g/mol. The number of aliphatic hydroxyl groups is 2. The van der Waals surface area contributed by atoms with Gasteiger partial charge in [0.15, 0.2) is 5.79 Å². The number of methoxy groups -OCH3 is 1. The zero-order valence-corrected chi connectivity index (χ0v) is 10.8. The van der Waals surface area contributed by atoms with Crippen molar-refractivity contribution in [2.75, 3.05) is 13.7 Å². The minimum Gasteiger partial charge on any atom is -0.394 e. The Morgan fingerprint density at radius 1 is 1.53 bits per heavy atom. The Morgan fingerprint density at radius 3 is 2.53 bits per heavy atom. The summed E-state index contributed by atoms with van der Waals surface area (Å²) in [5.41, 5.74) is -1.25. The van der Waals surface area contributed by atoms with Crippen LogP contribution in [0, 0.1) is 0 Å². The van der Waals surface area contributed by atoms with Crippen LogP contribution < -0.4 is 0 Å². The average Bonchev–Trinajstić information content (AvgIpc) is 2.54. The maximum Gasteiger partial charge on any atom is 0.164 e. The lowest BCUT2D eigenvalue weighted by Crippen LogP contribution is -2.51. The van der Waals surface area contributed by atoms with Crippen molar-refractivity contribution in [2.24, 2.45) is 0 Å². The van der Waals surface area contributed by atoms with Gasteiger partial charge in [-0.25, -0.2) is 0 Å². The van der Waals surface area contributed by atoms with Crippen molar-refractivity contribution in [2.45, 2.75) is 50.5 Å². The van der Waals surface area contributed by atoms with Crippen molar-refractivity contribution in [3.63, 3.8) is 0 Å². The van der Waals surface area contributed by atoms with Crippen LogP contribution in [0.2, 0.25) is 0 Å². The monoisotopic (exact) mass is 246 g/mol. The fourth-order valence-electron chi connectivity index (χ4n) is 2.08. The summed E-state index contributed by atoms with van der Waals surface area (Å²) in [6, 6.07) is 0. The van der Waals surface area contributed by atoms with Crippen molar-refractivity contribution < 1.29 is 24.4 Å². The standard InChI is InChI=1S/C12H22O5/c1-6-12(4,14)10(15-5)9-8(7-13)16-11(2,3)17-9/h6,8-10,13-14H,1,7H2,2-5H3/t8?,9?,10?,12-/m0/s1. The summed E-state index contributed by atoms with van der Waals surface area (Å²) in [5.74, 6) is -0.800. The van der Waals surface area contributed by atoms with Gasteiger partial charge in [0, 0.05) is 7.11 Å². The number of rotatable bonds is 5. The lowest BCUT2D eigenvalue weighted by atomic mass is 9.92. The molecule has 1 aliphatic heterocycles. The molecule has 1 fully saturated rings. The van der Waals surface area contributed by atoms with E-state index in [1.807, 2.05) is 0 Å². The third kappa shape index (κ3) is 3.05. The Kier molecular flexibility index (Phi) is 4.33. The quantitative estimate of drug-likeness (QED) is 0.689. The Labute approximate surface area is 102 Å². The molecule has 1 rings (SSSR count). The second-order valence-corrected chi connectivity index (χ2v) is 4.91. The van der Waals surface area contributed by atoms with E-state index in [0.717, 1.165) is 0 Å². The minimum absolute atomic E-state index is 0.193. The predicted molar refractivity (Wildman–Crippen MR) is 62.5 cm³/mol. The third-order valence-corrected chi connectivity index (χ3v) is 2.94. The second-order valence-electron chi connectivity index (χ2n) is 4.91. The molecule has 1 aliphatic rings. The first-order chi connectivity index (χ1) is 7.77. The van der Waals surface area contributed by atoms with Gasteiger partial charge < -0.3 is 24.4 Å². The highest BCUT2D eigenvalue weighted by Crippen LogP contribution is 2.34. The number of hydrogen-bond acceptors (Lipinski definition) is 5. The molecule has 0 aromatic rings. The average molecular weight is 246 g/mol. The summed E-state index contributed by atoms with van der Waals surface area (Å²) in [7, 11) is 1.48. The molecule has 3 unspecified atom stereocenters. The van der Waals surface area contributed by atoms with Gasteiger partial charge in [-0.2, -0.15) is 0 Å². The molecule has 0 amide bonds.